The van der Waals surface area contributed by atoms with Gasteiger partial charge in [-0.1, -0.05) is 35.9 Å². The van der Waals surface area contributed by atoms with Crippen LogP contribution in [0.4, 0.5) is 0 Å². The van der Waals surface area contributed by atoms with Gasteiger partial charge in [-0.15, -0.1) is 0 Å². The molecule has 1 aromatic heterocycles. The fourth-order valence-electron chi connectivity index (χ4n) is 3.19. The molecule has 0 spiro atoms. The molecule has 3 aromatic rings. The van der Waals surface area contributed by atoms with Crippen molar-refractivity contribution in [1.82, 2.24) is 14.9 Å². The molecule has 7 heteroatoms. The molecular formula is C22H22ClN3O3. The first-order valence-electron chi connectivity index (χ1n) is 9.55. The molecule has 150 valence electrons. The van der Waals surface area contributed by atoms with E-state index in [2.05, 4.69) is 22.4 Å². The van der Waals surface area contributed by atoms with E-state index in [-0.39, 0.29) is 12.3 Å². The van der Waals surface area contributed by atoms with E-state index >= 15 is 0 Å². The van der Waals surface area contributed by atoms with Crippen molar-refractivity contribution < 1.29 is 14.3 Å². The number of amides is 1. The molecule has 2 heterocycles. The Morgan fingerprint density at radius 1 is 1.10 bits per heavy atom. The van der Waals surface area contributed by atoms with Crippen LogP contribution in [0.25, 0.3) is 0 Å². The maximum absolute atomic E-state index is 12.4. The van der Waals surface area contributed by atoms with Gasteiger partial charge >= 0.3 is 0 Å². The molecule has 6 nitrogen and oxygen atoms in total. The largest absolute Gasteiger partial charge is 0.489 e. The highest BCUT2D eigenvalue weighted by molar-refractivity contribution is 6.32. The molecule has 0 atom stereocenters. The van der Waals surface area contributed by atoms with Crippen molar-refractivity contribution in [1.29, 1.82) is 0 Å². The lowest BCUT2D eigenvalue weighted by Gasteiger charge is -2.12. The molecule has 29 heavy (non-hydrogen) atoms. The van der Waals surface area contributed by atoms with Crippen molar-refractivity contribution in [2.45, 2.75) is 25.9 Å². The Morgan fingerprint density at radius 2 is 1.90 bits per heavy atom. The number of hydrogen-bond donors (Lipinski definition) is 1. The maximum Gasteiger partial charge on any atom is 0.224 e. The first-order valence-corrected chi connectivity index (χ1v) is 9.93. The van der Waals surface area contributed by atoms with E-state index < -0.39 is 0 Å². The van der Waals surface area contributed by atoms with E-state index in [9.17, 15) is 4.79 Å². The number of hydrogen-bond acceptors (Lipinski definition) is 4. The van der Waals surface area contributed by atoms with Crippen LogP contribution in [0.5, 0.6) is 11.5 Å². The summed E-state index contributed by atoms with van der Waals surface area (Å²) in [5, 5.41) is 3.43. The normalized spacial score (nSPS) is 13.0. The van der Waals surface area contributed by atoms with E-state index in [0.29, 0.717) is 36.3 Å². The molecule has 0 unspecified atom stereocenters. The van der Waals surface area contributed by atoms with Gasteiger partial charge in [0.1, 0.15) is 0 Å². The zero-order valence-corrected chi connectivity index (χ0v) is 16.7. The smallest absolute Gasteiger partial charge is 0.224 e. The van der Waals surface area contributed by atoms with Crippen LogP contribution in [0.1, 0.15) is 23.1 Å². The van der Waals surface area contributed by atoms with Gasteiger partial charge in [0.15, 0.2) is 11.5 Å². The second-order valence-electron chi connectivity index (χ2n) is 6.96. The summed E-state index contributed by atoms with van der Waals surface area (Å²) >= 11 is 6.30. The van der Waals surface area contributed by atoms with Crippen molar-refractivity contribution in [2.75, 3.05) is 13.2 Å². The monoisotopic (exact) mass is 411 g/mol. The molecule has 1 aliphatic rings. The van der Waals surface area contributed by atoms with Crippen LogP contribution in [0.3, 0.4) is 0 Å². The molecule has 0 aliphatic carbocycles. The van der Waals surface area contributed by atoms with E-state index in [1.54, 1.807) is 18.6 Å². The average Bonchev–Trinajstić information content (AvgIpc) is 3.10. The number of carbonyl (C=O) groups excluding carboxylic acids is 1. The van der Waals surface area contributed by atoms with Crippen LogP contribution in [0, 0.1) is 0 Å². The number of nitrogens with one attached hydrogen (secondary N) is 1. The van der Waals surface area contributed by atoms with E-state index in [1.165, 1.54) is 5.56 Å². The van der Waals surface area contributed by atoms with Crippen LogP contribution < -0.4 is 14.8 Å². The molecule has 1 amide bonds. The topological polar surface area (TPSA) is 65.4 Å². The van der Waals surface area contributed by atoms with Crippen LogP contribution >= 0.6 is 11.6 Å². The third kappa shape index (κ3) is 5.09. The number of benzene rings is 2. The van der Waals surface area contributed by atoms with Crippen molar-refractivity contribution in [2.24, 2.45) is 0 Å². The lowest BCUT2D eigenvalue weighted by molar-refractivity contribution is -0.120. The van der Waals surface area contributed by atoms with Gasteiger partial charge in [0.05, 0.1) is 31.0 Å². The highest BCUT2D eigenvalue weighted by Crippen LogP contribution is 2.38. The number of nitrogens with zero attached hydrogens (tertiary/aromatic N) is 2. The van der Waals surface area contributed by atoms with Gasteiger partial charge in [0, 0.05) is 31.9 Å². The van der Waals surface area contributed by atoms with Gasteiger partial charge in [-0.2, -0.15) is 0 Å². The second kappa shape index (κ2) is 9.01. The van der Waals surface area contributed by atoms with Gasteiger partial charge < -0.3 is 19.4 Å². The zero-order chi connectivity index (χ0) is 20.1. The summed E-state index contributed by atoms with van der Waals surface area (Å²) in [6.45, 7) is 2.41. The Labute approximate surface area is 174 Å². The standard InChI is InChI=1S/C22H22ClN3O3/c23-19-10-18(11-20-22(19)29-9-1-8-28-20)12-21(27)25-13-16-2-4-17(5-3-16)14-26-7-6-24-15-26/h2-7,10-11,15H,1,8-9,12-14H2,(H,25,27). The van der Waals surface area contributed by atoms with Crippen molar-refractivity contribution in [3.05, 3.63) is 76.8 Å². The number of imidazole rings is 1. The Morgan fingerprint density at radius 3 is 2.69 bits per heavy atom. The lowest BCUT2D eigenvalue weighted by atomic mass is 10.1. The molecule has 1 N–H and O–H groups in total. The molecule has 0 bridgehead atoms. The van der Waals surface area contributed by atoms with Gasteiger partial charge in [-0.25, -0.2) is 4.98 Å². The zero-order valence-electron chi connectivity index (χ0n) is 15.9. The first kappa shape index (κ1) is 19.3. The molecule has 2 aromatic carbocycles. The fraction of sp³-hybridized carbons (Fsp3) is 0.273. The summed E-state index contributed by atoms with van der Waals surface area (Å²) in [7, 11) is 0. The summed E-state index contributed by atoms with van der Waals surface area (Å²) in [5.41, 5.74) is 3.02. The predicted octanol–water partition coefficient (Wildman–Crippen LogP) is 3.61. The van der Waals surface area contributed by atoms with Crippen LogP contribution in [0.15, 0.2) is 55.1 Å². The molecular weight excluding hydrogens is 390 g/mol. The third-order valence-corrected chi connectivity index (χ3v) is 4.94. The Kier molecular flexibility index (Phi) is 6.00. The third-order valence-electron chi connectivity index (χ3n) is 4.66. The van der Waals surface area contributed by atoms with Crippen molar-refractivity contribution >= 4 is 17.5 Å². The predicted molar refractivity (Wildman–Crippen MR) is 110 cm³/mol. The summed E-state index contributed by atoms with van der Waals surface area (Å²) in [5.74, 6) is 1.09. The second-order valence-corrected chi connectivity index (χ2v) is 7.37. The average molecular weight is 412 g/mol. The van der Waals surface area contributed by atoms with Crippen molar-refractivity contribution in [3.63, 3.8) is 0 Å². The summed E-state index contributed by atoms with van der Waals surface area (Å²) in [4.78, 5) is 16.4. The highest BCUT2D eigenvalue weighted by Gasteiger charge is 2.16. The van der Waals surface area contributed by atoms with Gasteiger partial charge in [0.2, 0.25) is 5.91 Å². The quantitative estimate of drug-likeness (QED) is 0.673. The number of aromatic nitrogens is 2. The Balaban J connectivity index is 1.32. The lowest BCUT2D eigenvalue weighted by Crippen LogP contribution is -2.24. The number of rotatable bonds is 6. The van der Waals surface area contributed by atoms with Gasteiger partial charge in [0.25, 0.3) is 0 Å². The molecule has 0 fully saturated rings. The van der Waals surface area contributed by atoms with E-state index in [4.69, 9.17) is 21.1 Å². The van der Waals surface area contributed by atoms with Crippen LogP contribution in [0.2, 0.25) is 5.02 Å². The van der Waals surface area contributed by atoms with Crippen molar-refractivity contribution in [3.8, 4) is 11.5 Å². The Bertz CT molecular complexity index is 972. The number of ether oxygens (including phenoxy) is 2. The summed E-state index contributed by atoms with van der Waals surface area (Å²) in [6.07, 6.45) is 6.53. The maximum atomic E-state index is 12.4. The van der Waals surface area contributed by atoms with Crippen LogP contribution in [-0.2, 0) is 24.3 Å². The minimum Gasteiger partial charge on any atom is -0.489 e. The number of carbonyl (C=O) groups is 1. The minimum absolute atomic E-state index is 0.0713. The van der Waals surface area contributed by atoms with E-state index in [0.717, 1.165) is 24.1 Å². The molecule has 0 saturated carbocycles. The number of fused-ring (bicyclic) bond motifs is 1. The van der Waals surface area contributed by atoms with Gasteiger partial charge in [-0.05, 0) is 28.8 Å². The van der Waals surface area contributed by atoms with Crippen LogP contribution in [-0.4, -0.2) is 28.7 Å². The summed E-state index contributed by atoms with van der Waals surface area (Å²) in [6, 6.07) is 11.8. The fourth-order valence-corrected chi connectivity index (χ4v) is 3.48. The van der Waals surface area contributed by atoms with Gasteiger partial charge in [-0.3, -0.25) is 4.79 Å². The highest BCUT2D eigenvalue weighted by atomic mass is 35.5. The SMILES string of the molecule is O=C(Cc1cc(Cl)c2c(c1)OCCCO2)NCc1ccc(Cn2ccnc2)cc1. The summed E-state index contributed by atoms with van der Waals surface area (Å²) < 4.78 is 13.3. The Hall–Kier alpha value is -2.99. The number of halogens is 1. The molecule has 4 rings (SSSR count). The minimum atomic E-state index is -0.0713. The molecule has 0 radical (unpaired) electrons. The first-order chi connectivity index (χ1) is 14.2. The molecule has 0 saturated heterocycles. The van der Waals surface area contributed by atoms with E-state index in [1.807, 2.05) is 29.0 Å². The molecule has 1 aliphatic heterocycles.